The molecular weight excluding hydrogens is 669 g/mol. The van der Waals surface area contributed by atoms with E-state index in [2.05, 4.69) is 25.8 Å². The van der Waals surface area contributed by atoms with Gasteiger partial charge in [0.05, 0.1) is 28.5 Å². The summed E-state index contributed by atoms with van der Waals surface area (Å²) in [5.74, 6) is -0.383. The van der Waals surface area contributed by atoms with Crippen LogP contribution in [-0.4, -0.2) is 96.1 Å². The molecule has 5 amide bonds. The Bertz CT molecular complexity index is 1640. The topological polar surface area (TPSA) is 113 Å². The molecular formula is C32H36ClF3N8O3S. The van der Waals surface area contributed by atoms with Crippen molar-refractivity contribution in [3.8, 4) is 0 Å². The first-order valence-corrected chi connectivity index (χ1v) is 17.0. The summed E-state index contributed by atoms with van der Waals surface area (Å²) < 4.78 is 41.9. The van der Waals surface area contributed by atoms with Crippen LogP contribution in [0.5, 0.6) is 0 Å². The number of hydrogen-bond donors (Lipinski definition) is 3. The second-order valence-corrected chi connectivity index (χ2v) is 13.4. The lowest BCUT2D eigenvalue weighted by Gasteiger charge is -2.40. The van der Waals surface area contributed by atoms with Crippen LogP contribution in [0.2, 0.25) is 5.02 Å². The van der Waals surface area contributed by atoms with Crippen LogP contribution in [-0.2, 0) is 23.9 Å². The lowest BCUT2D eigenvalue weighted by atomic mass is 10.00. The minimum Gasteiger partial charge on any atom is -0.386 e. The van der Waals surface area contributed by atoms with Crippen LogP contribution in [0.25, 0.3) is 0 Å². The van der Waals surface area contributed by atoms with E-state index in [1.807, 2.05) is 23.6 Å². The zero-order chi connectivity index (χ0) is 34.0. The van der Waals surface area contributed by atoms with Crippen molar-refractivity contribution in [3.63, 3.8) is 0 Å². The van der Waals surface area contributed by atoms with Gasteiger partial charge in [-0.25, -0.2) is 9.59 Å². The first-order chi connectivity index (χ1) is 23.0. The summed E-state index contributed by atoms with van der Waals surface area (Å²) in [6.45, 7) is 3.04. The second-order valence-electron chi connectivity index (χ2n) is 12.0. The minimum absolute atomic E-state index is 0.0629. The van der Waals surface area contributed by atoms with E-state index < -0.39 is 23.8 Å². The number of aromatic nitrogens is 1. The van der Waals surface area contributed by atoms with E-state index in [9.17, 15) is 27.6 Å². The largest absolute Gasteiger partial charge is 0.418 e. The molecule has 0 radical (unpaired) electrons. The van der Waals surface area contributed by atoms with Crippen LogP contribution >= 0.6 is 22.9 Å². The highest BCUT2D eigenvalue weighted by Crippen LogP contribution is 2.40. The van der Waals surface area contributed by atoms with Crippen molar-refractivity contribution in [1.29, 1.82) is 0 Å². The molecule has 1 aromatic carbocycles. The molecule has 256 valence electrons. The average Bonchev–Trinajstić information content (AvgIpc) is 3.54. The molecule has 2 saturated heterocycles. The van der Waals surface area contributed by atoms with Crippen molar-refractivity contribution >= 4 is 58.0 Å². The molecule has 2 aromatic heterocycles. The number of thiophene rings is 1. The van der Waals surface area contributed by atoms with Gasteiger partial charge in [0.1, 0.15) is 6.04 Å². The van der Waals surface area contributed by atoms with Gasteiger partial charge in [-0.3, -0.25) is 9.78 Å². The van der Waals surface area contributed by atoms with Gasteiger partial charge in [-0.2, -0.15) is 13.2 Å². The van der Waals surface area contributed by atoms with Crippen LogP contribution in [0.15, 0.2) is 48.1 Å². The number of likely N-dealkylation sites (tertiary alicyclic amines) is 1. The number of piperidine rings is 1. The van der Waals surface area contributed by atoms with Gasteiger partial charge >= 0.3 is 18.2 Å². The SMILES string of the molecule is CNc1c(Cl)cc(CC(NC(=O)N2CCC(N3Cc4sccc4NC3=O)CC2)C(=O)N2CCN(c3ccncc3)CC2)cc1C(F)(F)F. The van der Waals surface area contributed by atoms with E-state index in [4.69, 9.17) is 11.6 Å². The number of alkyl halides is 3. The fourth-order valence-electron chi connectivity index (χ4n) is 6.56. The molecule has 0 bridgehead atoms. The highest BCUT2D eigenvalue weighted by molar-refractivity contribution is 7.10. The van der Waals surface area contributed by atoms with E-state index in [0.29, 0.717) is 58.7 Å². The van der Waals surface area contributed by atoms with Crippen LogP contribution in [0.1, 0.15) is 28.8 Å². The zero-order valence-corrected chi connectivity index (χ0v) is 27.8. The monoisotopic (exact) mass is 704 g/mol. The molecule has 3 N–H and O–H groups in total. The molecule has 1 atom stereocenters. The number of carbonyl (C=O) groups excluding carboxylic acids is 3. The fraction of sp³-hybridized carbons (Fsp3) is 0.438. The summed E-state index contributed by atoms with van der Waals surface area (Å²) in [5.41, 5.74) is 0.768. The molecule has 0 saturated carbocycles. The van der Waals surface area contributed by atoms with Crippen molar-refractivity contribution < 1.29 is 27.6 Å². The first kappa shape index (κ1) is 33.7. The van der Waals surface area contributed by atoms with E-state index in [1.165, 1.54) is 13.1 Å². The summed E-state index contributed by atoms with van der Waals surface area (Å²) >= 11 is 7.85. The summed E-state index contributed by atoms with van der Waals surface area (Å²) in [7, 11) is 1.36. The molecule has 3 aromatic rings. The summed E-state index contributed by atoms with van der Waals surface area (Å²) in [4.78, 5) is 52.6. The van der Waals surface area contributed by atoms with Gasteiger partial charge in [0.15, 0.2) is 0 Å². The molecule has 11 nitrogen and oxygen atoms in total. The summed E-state index contributed by atoms with van der Waals surface area (Å²) in [6.07, 6.45) is -0.385. The normalized spacial score (nSPS) is 17.9. The van der Waals surface area contributed by atoms with Crippen LogP contribution in [0.3, 0.4) is 0 Å². The lowest BCUT2D eigenvalue weighted by Crippen LogP contribution is -2.58. The number of rotatable bonds is 7. The number of pyridine rings is 1. The van der Waals surface area contributed by atoms with E-state index in [1.54, 1.807) is 38.4 Å². The molecule has 16 heteroatoms. The molecule has 6 rings (SSSR count). The highest BCUT2D eigenvalue weighted by Gasteiger charge is 2.37. The Hall–Kier alpha value is -4.24. The Balaban J connectivity index is 1.16. The Labute approximate surface area is 285 Å². The van der Waals surface area contributed by atoms with Crippen molar-refractivity contribution in [2.45, 2.75) is 44.1 Å². The predicted octanol–water partition coefficient (Wildman–Crippen LogP) is 5.34. The van der Waals surface area contributed by atoms with E-state index in [0.717, 1.165) is 22.3 Å². The smallest absolute Gasteiger partial charge is 0.386 e. The van der Waals surface area contributed by atoms with Crippen LogP contribution < -0.4 is 20.9 Å². The summed E-state index contributed by atoms with van der Waals surface area (Å²) in [5, 5.41) is 10.1. The number of benzene rings is 1. The Morgan fingerprint density at radius 1 is 1.06 bits per heavy atom. The molecule has 0 spiro atoms. The number of urea groups is 2. The number of amides is 5. The standard InChI is InChI=1S/C32H36ClF3N8O3S/c1-37-28-23(32(34,35)36)16-20(17-24(28)33)18-26(29(45)42-13-11-41(12-14-42)21-2-7-38-8-3-21)40-30(46)43-9-4-22(5-10-43)44-19-27-25(6-15-48-27)39-31(44)47/h2-3,6-8,15-17,22,26,37H,4-5,9-14,18-19H2,1H3,(H,39,47)(H,40,46). The van der Waals surface area contributed by atoms with Gasteiger partial charge in [0, 0.05) is 81.7 Å². The predicted molar refractivity (Wildman–Crippen MR) is 179 cm³/mol. The number of halogens is 4. The lowest BCUT2D eigenvalue weighted by molar-refractivity contribution is -0.137. The molecule has 48 heavy (non-hydrogen) atoms. The quantitative estimate of drug-likeness (QED) is 0.306. The Morgan fingerprint density at radius 2 is 1.77 bits per heavy atom. The third kappa shape index (κ3) is 7.26. The van der Waals surface area contributed by atoms with Gasteiger partial charge < -0.3 is 35.6 Å². The van der Waals surface area contributed by atoms with Crippen molar-refractivity contribution in [2.24, 2.45) is 0 Å². The van der Waals surface area contributed by atoms with Crippen molar-refractivity contribution in [1.82, 2.24) is 25.0 Å². The third-order valence-electron chi connectivity index (χ3n) is 9.11. The van der Waals surface area contributed by atoms with Gasteiger partial charge in [-0.05, 0) is 54.1 Å². The maximum absolute atomic E-state index is 14.0. The molecule has 2 fully saturated rings. The number of nitrogens with one attached hydrogen (secondary N) is 3. The number of hydrogen-bond acceptors (Lipinski definition) is 7. The molecule has 3 aliphatic heterocycles. The van der Waals surface area contributed by atoms with E-state index >= 15 is 0 Å². The molecule has 5 heterocycles. The number of carbonyl (C=O) groups is 3. The molecule has 1 unspecified atom stereocenters. The van der Waals surface area contributed by atoms with Crippen LogP contribution in [0.4, 0.5) is 39.8 Å². The maximum Gasteiger partial charge on any atom is 0.418 e. The summed E-state index contributed by atoms with van der Waals surface area (Å²) in [6, 6.07) is 6.17. The zero-order valence-electron chi connectivity index (χ0n) is 26.2. The number of piperazine rings is 1. The second kappa shape index (κ2) is 14.1. The average molecular weight is 705 g/mol. The Kier molecular flexibility index (Phi) is 9.88. The Morgan fingerprint density at radius 3 is 2.44 bits per heavy atom. The van der Waals surface area contributed by atoms with Gasteiger partial charge in [-0.1, -0.05) is 11.6 Å². The minimum atomic E-state index is -4.69. The molecule has 3 aliphatic rings. The van der Waals surface area contributed by atoms with Crippen molar-refractivity contribution in [3.05, 3.63) is 69.1 Å². The maximum atomic E-state index is 14.0. The van der Waals surface area contributed by atoms with Gasteiger partial charge in [0.2, 0.25) is 5.91 Å². The fourth-order valence-corrected chi connectivity index (χ4v) is 7.72. The van der Waals surface area contributed by atoms with Crippen LogP contribution in [0, 0.1) is 0 Å². The highest BCUT2D eigenvalue weighted by atomic mass is 35.5. The number of nitrogens with zero attached hydrogens (tertiary/aromatic N) is 5. The van der Waals surface area contributed by atoms with Gasteiger partial charge in [0.25, 0.3) is 0 Å². The number of fused-ring (bicyclic) bond motifs is 1. The first-order valence-electron chi connectivity index (χ1n) is 15.7. The molecule has 0 aliphatic carbocycles. The van der Waals surface area contributed by atoms with Crippen molar-refractivity contribution in [2.75, 3.05) is 61.8 Å². The van der Waals surface area contributed by atoms with E-state index in [-0.39, 0.29) is 40.7 Å². The number of anilines is 3. The van der Waals surface area contributed by atoms with Gasteiger partial charge in [-0.15, -0.1) is 11.3 Å². The third-order valence-corrected chi connectivity index (χ3v) is 10.3.